The van der Waals surface area contributed by atoms with E-state index in [1.54, 1.807) is 49.4 Å². The van der Waals surface area contributed by atoms with Crippen molar-refractivity contribution in [3.05, 3.63) is 88.4 Å². The third kappa shape index (κ3) is 5.58. The number of aryl methyl sites for hydroxylation is 1. The molecule has 4 rings (SSSR count). The third-order valence-electron chi connectivity index (χ3n) is 5.71. The number of halogens is 1. The molecule has 3 aromatic carbocycles. The maximum Gasteiger partial charge on any atom is 0.261 e. The highest BCUT2D eigenvalue weighted by atomic mass is 35.5. The van der Waals surface area contributed by atoms with E-state index in [9.17, 15) is 9.90 Å². The number of nitrogens with zero attached hydrogens (tertiary/aromatic N) is 2. The zero-order valence-corrected chi connectivity index (χ0v) is 20.6. The van der Waals surface area contributed by atoms with Gasteiger partial charge in [-0.05, 0) is 74.9 Å². The summed E-state index contributed by atoms with van der Waals surface area (Å²) in [6, 6.07) is 19.6. The molecular weight excluding hydrogens is 464 g/mol. The van der Waals surface area contributed by atoms with E-state index in [1.165, 1.54) is 6.07 Å². The van der Waals surface area contributed by atoms with Crippen molar-refractivity contribution in [1.82, 2.24) is 0 Å². The summed E-state index contributed by atoms with van der Waals surface area (Å²) in [5, 5.41) is 18.6. The number of fused-ring (bicyclic) bond motifs is 1. The molecule has 0 aliphatic rings. The molecule has 0 saturated carbocycles. The van der Waals surface area contributed by atoms with Crippen LogP contribution >= 0.6 is 11.6 Å². The number of anilines is 3. The van der Waals surface area contributed by atoms with Crippen LogP contribution in [0.15, 0.2) is 76.2 Å². The van der Waals surface area contributed by atoms with E-state index in [1.807, 2.05) is 18.2 Å². The number of phenols is 1. The number of rotatable bonds is 7. The van der Waals surface area contributed by atoms with Crippen LogP contribution in [-0.4, -0.2) is 24.1 Å². The molecule has 1 heterocycles. The minimum atomic E-state index is -0.414. The molecule has 0 unspecified atom stereocenters. The highest BCUT2D eigenvalue weighted by Crippen LogP contribution is 2.24. The van der Waals surface area contributed by atoms with Crippen molar-refractivity contribution in [3.8, 4) is 5.75 Å². The Kier molecular flexibility index (Phi) is 7.27. The average Bonchev–Trinajstić information content (AvgIpc) is 2.86. The van der Waals surface area contributed by atoms with Crippen molar-refractivity contribution < 1.29 is 14.3 Å². The topological polar surface area (TPSA) is 90.1 Å². The standard InChI is InChI=1S/C27H27ClN4O3/c1-4-32(5-2)22-13-7-18-14-23(26(34)29-21-10-6-17(3)24(33)15-21)27(35-25(18)16-22)31-30-20-11-8-19(28)9-12-20/h6-16,30,33H,4-5H2,1-3H3,(H,29,34)/b31-27-. The molecule has 0 spiro atoms. The van der Waals surface area contributed by atoms with Crippen molar-refractivity contribution in [2.45, 2.75) is 20.8 Å². The zero-order valence-electron chi connectivity index (χ0n) is 19.8. The van der Waals surface area contributed by atoms with Gasteiger partial charge in [-0.3, -0.25) is 10.2 Å². The summed E-state index contributed by atoms with van der Waals surface area (Å²) in [7, 11) is 0. The highest BCUT2D eigenvalue weighted by molar-refractivity contribution is 6.30. The van der Waals surface area contributed by atoms with Gasteiger partial charge in [-0.2, -0.15) is 0 Å². The zero-order chi connectivity index (χ0) is 24.9. The summed E-state index contributed by atoms with van der Waals surface area (Å²) in [5.41, 5.74) is 6.80. The van der Waals surface area contributed by atoms with Crippen molar-refractivity contribution in [2.75, 3.05) is 28.7 Å². The van der Waals surface area contributed by atoms with Crippen LogP contribution in [0.25, 0.3) is 11.0 Å². The molecule has 7 nitrogen and oxygen atoms in total. The molecule has 1 aromatic heterocycles. The lowest BCUT2D eigenvalue weighted by atomic mass is 10.1. The Hall–Kier alpha value is -3.97. The molecule has 180 valence electrons. The molecule has 0 bridgehead atoms. The Balaban J connectivity index is 1.78. The van der Waals surface area contributed by atoms with Gasteiger partial charge < -0.3 is 19.7 Å². The fraction of sp³-hybridized carbons (Fsp3) is 0.185. The van der Waals surface area contributed by atoms with Crippen LogP contribution in [0, 0.1) is 6.92 Å². The number of amides is 1. The fourth-order valence-corrected chi connectivity index (χ4v) is 3.79. The molecule has 0 atom stereocenters. The van der Waals surface area contributed by atoms with Gasteiger partial charge >= 0.3 is 0 Å². The Labute approximate surface area is 208 Å². The lowest BCUT2D eigenvalue weighted by molar-refractivity contribution is 0.102. The number of hydrogen-bond acceptors (Lipinski definition) is 6. The van der Waals surface area contributed by atoms with Gasteiger partial charge in [-0.25, -0.2) is 0 Å². The summed E-state index contributed by atoms with van der Waals surface area (Å²) in [4.78, 5) is 15.4. The van der Waals surface area contributed by atoms with Gasteiger partial charge in [0, 0.05) is 47.0 Å². The first-order valence-corrected chi connectivity index (χ1v) is 11.7. The number of carbonyl (C=O) groups is 1. The second-order valence-corrected chi connectivity index (χ2v) is 8.48. The molecule has 3 N–H and O–H groups in total. The van der Waals surface area contributed by atoms with Gasteiger partial charge in [0.15, 0.2) is 0 Å². The van der Waals surface area contributed by atoms with Crippen molar-refractivity contribution in [1.29, 1.82) is 0 Å². The van der Waals surface area contributed by atoms with Crippen molar-refractivity contribution >= 4 is 45.5 Å². The van der Waals surface area contributed by atoms with Crippen LogP contribution in [0.4, 0.5) is 17.1 Å². The molecule has 0 saturated heterocycles. The average molecular weight is 491 g/mol. The summed E-state index contributed by atoms with van der Waals surface area (Å²) in [6.07, 6.45) is 0. The second kappa shape index (κ2) is 10.5. The fourth-order valence-electron chi connectivity index (χ4n) is 3.66. The van der Waals surface area contributed by atoms with E-state index >= 15 is 0 Å². The lowest BCUT2D eigenvalue weighted by Gasteiger charge is -2.21. The summed E-state index contributed by atoms with van der Waals surface area (Å²) in [6.45, 7) is 7.70. The maximum atomic E-state index is 13.2. The number of phenolic OH excluding ortho intramolecular Hbond substituents is 1. The summed E-state index contributed by atoms with van der Waals surface area (Å²) in [5.74, 6) is -0.312. The number of hydrogen-bond donors (Lipinski definition) is 3. The Bertz CT molecular complexity index is 1430. The first-order chi connectivity index (χ1) is 16.9. The van der Waals surface area contributed by atoms with E-state index in [0.29, 0.717) is 22.0 Å². The quantitative estimate of drug-likeness (QED) is 0.271. The smallest absolute Gasteiger partial charge is 0.261 e. The van der Waals surface area contributed by atoms with E-state index in [0.717, 1.165) is 29.7 Å². The number of carbonyl (C=O) groups excluding carboxylic acids is 1. The van der Waals surface area contributed by atoms with E-state index in [4.69, 9.17) is 16.0 Å². The van der Waals surface area contributed by atoms with Crippen LogP contribution in [0.1, 0.15) is 29.8 Å². The molecule has 0 radical (unpaired) electrons. The van der Waals surface area contributed by atoms with Crippen LogP contribution in [-0.2, 0) is 0 Å². The molecular formula is C27H27ClN4O3. The monoisotopic (exact) mass is 490 g/mol. The highest BCUT2D eigenvalue weighted by Gasteiger charge is 2.15. The van der Waals surface area contributed by atoms with Crippen LogP contribution in [0.2, 0.25) is 5.02 Å². The predicted octanol–water partition coefficient (Wildman–Crippen LogP) is 6.13. The van der Waals surface area contributed by atoms with Gasteiger partial charge in [0.25, 0.3) is 5.91 Å². The number of aromatic hydroxyl groups is 1. The van der Waals surface area contributed by atoms with Crippen LogP contribution in [0.5, 0.6) is 5.75 Å². The SMILES string of the molecule is CCN(CC)c1ccc2cc(C(=O)Nc3ccc(C)c(O)c3)/c(=N/Nc3ccc(Cl)cc3)oc2c1. The first kappa shape index (κ1) is 24.2. The van der Waals surface area contributed by atoms with E-state index in [2.05, 4.69) is 34.6 Å². The molecule has 1 amide bonds. The van der Waals surface area contributed by atoms with Crippen LogP contribution < -0.4 is 21.2 Å². The van der Waals surface area contributed by atoms with E-state index < -0.39 is 5.91 Å². The minimum Gasteiger partial charge on any atom is -0.508 e. The predicted molar refractivity (Wildman–Crippen MR) is 141 cm³/mol. The van der Waals surface area contributed by atoms with E-state index in [-0.39, 0.29) is 16.9 Å². The number of benzene rings is 3. The van der Waals surface area contributed by atoms with Crippen molar-refractivity contribution in [3.63, 3.8) is 0 Å². The Morgan fingerprint density at radius 1 is 1.00 bits per heavy atom. The van der Waals surface area contributed by atoms with Gasteiger partial charge in [0.05, 0.1) is 5.69 Å². The van der Waals surface area contributed by atoms with Crippen LogP contribution in [0.3, 0.4) is 0 Å². The maximum absolute atomic E-state index is 13.2. The van der Waals surface area contributed by atoms with Gasteiger partial charge in [0.2, 0.25) is 5.55 Å². The van der Waals surface area contributed by atoms with Gasteiger partial charge in [-0.15, -0.1) is 5.10 Å². The lowest BCUT2D eigenvalue weighted by Crippen LogP contribution is -2.23. The molecule has 8 heteroatoms. The molecule has 4 aromatic rings. The summed E-state index contributed by atoms with van der Waals surface area (Å²) >= 11 is 5.97. The first-order valence-electron chi connectivity index (χ1n) is 11.4. The molecule has 35 heavy (non-hydrogen) atoms. The normalized spacial score (nSPS) is 11.5. The Morgan fingerprint density at radius 2 is 1.71 bits per heavy atom. The van der Waals surface area contributed by atoms with Gasteiger partial charge in [0.1, 0.15) is 16.9 Å². The minimum absolute atomic E-state index is 0.101. The third-order valence-corrected chi connectivity index (χ3v) is 5.96. The largest absolute Gasteiger partial charge is 0.508 e. The molecule has 0 aliphatic heterocycles. The Morgan fingerprint density at radius 3 is 2.40 bits per heavy atom. The van der Waals surface area contributed by atoms with Crippen molar-refractivity contribution in [2.24, 2.45) is 5.10 Å². The number of nitrogens with one attached hydrogen (secondary N) is 2. The molecule has 0 aliphatic carbocycles. The van der Waals surface area contributed by atoms with Gasteiger partial charge in [-0.1, -0.05) is 17.7 Å². The molecule has 0 fully saturated rings. The second-order valence-electron chi connectivity index (χ2n) is 8.05. The summed E-state index contributed by atoms with van der Waals surface area (Å²) < 4.78 is 6.13.